The molecule has 0 saturated carbocycles. The van der Waals surface area contributed by atoms with Crippen LogP contribution in [0.15, 0.2) is 57.9 Å². The lowest BCUT2D eigenvalue weighted by atomic mass is 10.1. The predicted octanol–water partition coefficient (Wildman–Crippen LogP) is 4.34. The second-order valence-electron chi connectivity index (χ2n) is 6.75. The third-order valence-corrected chi connectivity index (χ3v) is 5.99. The Balaban J connectivity index is 1.81. The maximum Gasteiger partial charge on any atom is 0.262 e. The number of halogens is 1. The van der Waals surface area contributed by atoms with Crippen molar-refractivity contribution in [1.82, 2.24) is 4.68 Å². The summed E-state index contributed by atoms with van der Waals surface area (Å²) in [6.45, 7) is 4.13. The Labute approximate surface area is 186 Å². The normalized spacial score (nSPS) is 14.2. The number of benzene rings is 2. The lowest BCUT2D eigenvalue weighted by molar-refractivity contribution is -0.118. The third kappa shape index (κ3) is 4.43. The van der Waals surface area contributed by atoms with E-state index in [0.29, 0.717) is 11.4 Å². The fraction of sp³-hybridized carbons (Fsp3) is 0.190. The number of thiazole rings is 1. The number of nitrogens with one attached hydrogen (secondary N) is 1. The van der Waals surface area contributed by atoms with Crippen LogP contribution in [0.5, 0.6) is 5.75 Å². The molecule has 1 aliphatic heterocycles. The molecule has 6 nitrogen and oxygen atoms in total. The van der Waals surface area contributed by atoms with Gasteiger partial charge in [-0.05, 0) is 60.7 Å². The van der Waals surface area contributed by atoms with Crippen molar-refractivity contribution < 1.29 is 9.53 Å². The van der Waals surface area contributed by atoms with Crippen LogP contribution < -0.4 is 14.9 Å². The summed E-state index contributed by atoms with van der Waals surface area (Å²) in [5.74, 6) is 0.518. The van der Waals surface area contributed by atoms with Gasteiger partial charge in [0.1, 0.15) is 5.75 Å². The molecular weight excluding hydrogens is 499 g/mol. The number of anilines is 1. The topological polar surface area (TPSA) is 68.0 Å². The lowest BCUT2D eigenvalue weighted by Crippen LogP contribution is -2.25. The molecule has 1 N–H and O–H groups in total. The van der Waals surface area contributed by atoms with Crippen LogP contribution >= 0.6 is 33.9 Å². The summed E-state index contributed by atoms with van der Waals surface area (Å²) in [7, 11) is 0. The van der Waals surface area contributed by atoms with Crippen molar-refractivity contribution in [1.29, 1.82) is 0 Å². The molecule has 2 heterocycles. The van der Waals surface area contributed by atoms with Crippen LogP contribution in [0.1, 0.15) is 19.4 Å². The van der Waals surface area contributed by atoms with Gasteiger partial charge in [-0.2, -0.15) is 5.10 Å². The van der Waals surface area contributed by atoms with Gasteiger partial charge in [0.05, 0.1) is 17.6 Å². The summed E-state index contributed by atoms with van der Waals surface area (Å²) in [6.07, 6.45) is 1.85. The fourth-order valence-corrected chi connectivity index (χ4v) is 4.36. The van der Waals surface area contributed by atoms with Crippen LogP contribution in [0.2, 0.25) is 0 Å². The first-order valence-corrected chi connectivity index (χ1v) is 11.1. The first-order chi connectivity index (χ1) is 14.0. The fourth-order valence-electron chi connectivity index (χ4n) is 2.86. The van der Waals surface area contributed by atoms with E-state index in [1.807, 2.05) is 72.6 Å². The van der Waals surface area contributed by atoms with Gasteiger partial charge in [0.25, 0.3) is 5.91 Å². The molecule has 0 unspecified atom stereocenters. The second kappa shape index (κ2) is 8.50. The Kier molecular flexibility index (Phi) is 5.81. The number of carbonyl (C=O) groups excluding carboxylic acids is 1. The van der Waals surface area contributed by atoms with Gasteiger partial charge in [0, 0.05) is 26.1 Å². The Bertz CT molecular complexity index is 1160. The van der Waals surface area contributed by atoms with Crippen molar-refractivity contribution >= 4 is 51.7 Å². The summed E-state index contributed by atoms with van der Waals surface area (Å²) in [5.41, 5.74) is 3.54. The van der Waals surface area contributed by atoms with E-state index in [4.69, 9.17) is 14.8 Å². The molecule has 29 heavy (non-hydrogen) atoms. The molecule has 0 radical (unpaired) electrons. The zero-order valence-corrected chi connectivity index (χ0v) is 18.9. The summed E-state index contributed by atoms with van der Waals surface area (Å²) >= 11 is 3.84. The molecule has 4 rings (SSSR count). The zero-order valence-electron chi connectivity index (χ0n) is 15.9. The SMILES string of the molecule is CC(C)N=c1scc(-c2ccc3c(c2)NC(=O)CO3)n1N=Cc1ccccc1I. The number of carbonyl (C=O) groups is 1. The molecule has 0 bridgehead atoms. The highest BCUT2D eigenvalue weighted by Gasteiger charge is 2.17. The van der Waals surface area contributed by atoms with E-state index in [2.05, 4.69) is 27.9 Å². The number of nitrogens with zero attached hydrogens (tertiary/aromatic N) is 3. The molecule has 0 atom stereocenters. The molecule has 1 aliphatic rings. The number of rotatable bonds is 4. The predicted molar refractivity (Wildman–Crippen MR) is 125 cm³/mol. The minimum absolute atomic E-state index is 0.0439. The van der Waals surface area contributed by atoms with Gasteiger partial charge >= 0.3 is 0 Å². The Morgan fingerprint density at radius 1 is 1.28 bits per heavy atom. The molecule has 2 aromatic carbocycles. The summed E-state index contributed by atoms with van der Waals surface area (Å²) < 4.78 is 8.44. The highest BCUT2D eigenvalue weighted by atomic mass is 127. The highest BCUT2D eigenvalue weighted by molar-refractivity contribution is 14.1. The van der Waals surface area contributed by atoms with E-state index in [0.717, 1.165) is 25.2 Å². The van der Waals surface area contributed by atoms with Crippen molar-refractivity contribution in [2.75, 3.05) is 11.9 Å². The van der Waals surface area contributed by atoms with Crippen LogP contribution in [0, 0.1) is 3.57 Å². The van der Waals surface area contributed by atoms with Crippen LogP contribution in [-0.2, 0) is 4.79 Å². The number of hydrogen-bond acceptors (Lipinski definition) is 5. The number of fused-ring (bicyclic) bond motifs is 1. The van der Waals surface area contributed by atoms with E-state index in [9.17, 15) is 4.79 Å². The van der Waals surface area contributed by atoms with Gasteiger partial charge in [0.2, 0.25) is 4.80 Å². The molecule has 1 amide bonds. The molecule has 1 aromatic heterocycles. The van der Waals surface area contributed by atoms with Gasteiger partial charge in [-0.3, -0.25) is 9.79 Å². The summed E-state index contributed by atoms with van der Waals surface area (Å²) in [6, 6.07) is 14.0. The Morgan fingerprint density at radius 2 is 2.10 bits per heavy atom. The largest absolute Gasteiger partial charge is 0.482 e. The van der Waals surface area contributed by atoms with Crippen molar-refractivity contribution in [2.24, 2.45) is 10.1 Å². The first kappa shape index (κ1) is 19.8. The zero-order chi connectivity index (χ0) is 20.4. The molecule has 0 spiro atoms. The van der Waals surface area contributed by atoms with E-state index in [-0.39, 0.29) is 18.6 Å². The van der Waals surface area contributed by atoms with Crippen molar-refractivity contribution in [3.05, 3.63) is 61.8 Å². The molecular formula is C21H19IN4O2S. The van der Waals surface area contributed by atoms with Gasteiger partial charge in [-0.1, -0.05) is 18.2 Å². The lowest BCUT2D eigenvalue weighted by Gasteiger charge is -2.18. The van der Waals surface area contributed by atoms with Crippen molar-refractivity contribution in [2.45, 2.75) is 19.9 Å². The van der Waals surface area contributed by atoms with E-state index in [1.54, 1.807) is 0 Å². The molecule has 0 saturated heterocycles. The number of aromatic nitrogens is 1. The summed E-state index contributed by atoms with van der Waals surface area (Å²) in [5, 5.41) is 9.63. The minimum atomic E-state index is -0.153. The number of ether oxygens (including phenoxy) is 1. The van der Waals surface area contributed by atoms with Gasteiger partial charge in [-0.25, -0.2) is 4.68 Å². The summed E-state index contributed by atoms with van der Waals surface area (Å²) in [4.78, 5) is 17.2. The Hall–Kier alpha value is -2.46. The molecule has 0 fully saturated rings. The first-order valence-electron chi connectivity index (χ1n) is 9.11. The average Bonchev–Trinajstić information content (AvgIpc) is 3.08. The maximum atomic E-state index is 11.7. The van der Waals surface area contributed by atoms with Crippen LogP contribution in [0.3, 0.4) is 0 Å². The van der Waals surface area contributed by atoms with Crippen LogP contribution in [-0.4, -0.2) is 29.4 Å². The van der Waals surface area contributed by atoms with Gasteiger partial charge < -0.3 is 10.1 Å². The Morgan fingerprint density at radius 3 is 2.90 bits per heavy atom. The van der Waals surface area contributed by atoms with E-state index < -0.39 is 0 Å². The van der Waals surface area contributed by atoms with Crippen LogP contribution in [0.25, 0.3) is 11.3 Å². The standard InChI is InChI=1S/C21H19IN4O2S/c1-13(2)24-21-26(23-10-15-5-3-4-6-16(15)22)18(12-29-21)14-7-8-19-17(9-14)25-20(27)11-28-19/h3-10,12-13H,11H2,1-2H3,(H,25,27). The van der Waals surface area contributed by atoms with Crippen LogP contribution in [0.4, 0.5) is 5.69 Å². The number of hydrogen-bond donors (Lipinski definition) is 1. The molecule has 148 valence electrons. The van der Waals surface area contributed by atoms with E-state index >= 15 is 0 Å². The van der Waals surface area contributed by atoms with Crippen molar-refractivity contribution in [3.8, 4) is 17.0 Å². The third-order valence-electron chi connectivity index (χ3n) is 4.18. The highest BCUT2D eigenvalue weighted by Crippen LogP contribution is 2.32. The molecule has 3 aromatic rings. The van der Waals surface area contributed by atoms with Gasteiger partial charge in [-0.15, -0.1) is 11.3 Å². The molecule has 8 heteroatoms. The maximum absolute atomic E-state index is 11.7. The van der Waals surface area contributed by atoms with E-state index in [1.165, 1.54) is 11.3 Å². The second-order valence-corrected chi connectivity index (χ2v) is 8.75. The van der Waals surface area contributed by atoms with Gasteiger partial charge in [0.15, 0.2) is 6.61 Å². The monoisotopic (exact) mass is 518 g/mol. The minimum Gasteiger partial charge on any atom is -0.482 e. The number of amides is 1. The smallest absolute Gasteiger partial charge is 0.262 e. The quantitative estimate of drug-likeness (QED) is 0.413. The van der Waals surface area contributed by atoms with Crippen molar-refractivity contribution in [3.63, 3.8) is 0 Å². The molecule has 0 aliphatic carbocycles. The average molecular weight is 518 g/mol.